The molecule has 0 N–H and O–H groups in total. The zero-order valence-electron chi connectivity index (χ0n) is 10.9. The van der Waals surface area contributed by atoms with Gasteiger partial charge < -0.3 is 4.90 Å². The lowest BCUT2D eigenvalue weighted by Crippen LogP contribution is -2.15. The summed E-state index contributed by atoms with van der Waals surface area (Å²) in [6.45, 7) is 6.24. The second-order valence-electron chi connectivity index (χ2n) is 4.18. The monoisotopic (exact) mass is 281 g/mol. The van der Waals surface area contributed by atoms with Crippen LogP contribution in [0, 0.1) is 13.8 Å². The third-order valence-electron chi connectivity index (χ3n) is 2.66. The van der Waals surface area contributed by atoms with Gasteiger partial charge in [0.05, 0.1) is 28.3 Å². The first-order valence-corrected chi connectivity index (χ1v) is 7.27. The smallest absolute Gasteiger partial charge is 0.186 e. The van der Waals surface area contributed by atoms with Gasteiger partial charge in [0.1, 0.15) is 0 Å². The fraction of sp³-hybridized carbons (Fsp3) is 0.417. The number of anilines is 1. The number of aromatic nitrogens is 2. The lowest BCUT2D eigenvalue weighted by atomic mass is 10.3. The number of hydrogen-bond acceptors (Lipinski definition) is 6. The van der Waals surface area contributed by atoms with Crippen LogP contribution in [0.1, 0.15) is 32.9 Å². The van der Waals surface area contributed by atoms with Gasteiger partial charge in [-0.1, -0.05) is 11.3 Å². The topological polar surface area (TPSA) is 46.1 Å². The second-order valence-corrected chi connectivity index (χ2v) is 6.10. The molecule has 2 rings (SSSR count). The van der Waals surface area contributed by atoms with Gasteiger partial charge in [-0.25, -0.2) is 9.97 Å². The summed E-state index contributed by atoms with van der Waals surface area (Å²) in [5.74, 6) is 0.0821. The summed E-state index contributed by atoms with van der Waals surface area (Å²) >= 11 is 3.10. The maximum atomic E-state index is 11.4. The number of nitrogens with zero attached hydrogens (tertiary/aromatic N) is 3. The lowest BCUT2D eigenvalue weighted by molar-refractivity contribution is 0.102. The standard InChI is InChI=1S/C12H15N3OS2/c1-7-10(17-6-13-7)5-15(4)12-14-8(2)11(18-12)9(3)16/h6H,5H2,1-4H3. The van der Waals surface area contributed by atoms with E-state index in [0.717, 1.165) is 27.9 Å². The molecule has 0 atom stereocenters. The van der Waals surface area contributed by atoms with Crippen molar-refractivity contribution >= 4 is 33.6 Å². The quantitative estimate of drug-likeness (QED) is 0.808. The predicted octanol–water partition coefficient (Wildman–Crippen LogP) is 3.06. The van der Waals surface area contributed by atoms with E-state index >= 15 is 0 Å². The van der Waals surface area contributed by atoms with Crippen molar-refractivity contribution in [3.63, 3.8) is 0 Å². The van der Waals surface area contributed by atoms with Crippen LogP contribution >= 0.6 is 22.7 Å². The van der Waals surface area contributed by atoms with Gasteiger partial charge in [-0.15, -0.1) is 11.3 Å². The molecule has 2 aromatic heterocycles. The van der Waals surface area contributed by atoms with Gasteiger partial charge in [0, 0.05) is 18.8 Å². The van der Waals surface area contributed by atoms with Crippen molar-refractivity contribution in [3.05, 3.63) is 26.7 Å². The minimum atomic E-state index is 0.0821. The molecule has 6 heteroatoms. The summed E-state index contributed by atoms with van der Waals surface area (Å²) in [6.07, 6.45) is 0. The fourth-order valence-corrected chi connectivity index (χ4v) is 3.39. The predicted molar refractivity (Wildman–Crippen MR) is 75.8 cm³/mol. The summed E-state index contributed by atoms with van der Waals surface area (Å²) in [7, 11) is 1.99. The van der Waals surface area contributed by atoms with Gasteiger partial charge >= 0.3 is 0 Å². The summed E-state index contributed by atoms with van der Waals surface area (Å²) in [5, 5.41) is 0.880. The maximum Gasteiger partial charge on any atom is 0.186 e. The van der Waals surface area contributed by atoms with Crippen molar-refractivity contribution in [1.29, 1.82) is 0 Å². The van der Waals surface area contributed by atoms with Gasteiger partial charge in [0.2, 0.25) is 0 Å². The van der Waals surface area contributed by atoms with E-state index in [1.807, 2.05) is 26.4 Å². The van der Waals surface area contributed by atoms with Crippen molar-refractivity contribution < 1.29 is 4.79 Å². The second kappa shape index (κ2) is 5.16. The van der Waals surface area contributed by atoms with Crippen LogP contribution in [0.3, 0.4) is 0 Å². The molecule has 0 radical (unpaired) electrons. The van der Waals surface area contributed by atoms with Crippen molar-refractivity contribution in [2.45, 2.75) is 27.3 Å². The first-order valence-electron chi connectivity index (χ1n) is 5.57. The van der Waals surface area contributed by atoms with Crippen LogP contribution in [-0.2, 0) is 6.54 Å². The Labute approximate surface area is 114 Å². The first-order chi connectivity index (χ1) is 8.49. The summed E-state index contributed by atoms with van der Waals surface area (Å²) in [5.41, 5.74) is 3.73. The van der Waals surface area contributed by atoms with E-state index in [4.69, 9.17) is 0 Å². The molecule has 0 spiro atoms. The van der Waals surface area contributed by atoms with Crippen molar-refractivity contribution in [1.82, 2.24) is 9.97 Å². The number of carbonyl (C=O) groups excluding carboxylic acids is 1. The van der Waals surface area contributed by atoms with E-state index in [1.165, 1.54) is 16.2 Å². The highest BCUT2D eigenvalue weighted by Gasteiger charge is 2.15. The van der Waals surface area contributed by atoms with Crippen LogP contribution in [0.25, 0.3) is 0 Å². The first kappa shape index (κ1) is 13.2. The molecule has 0 amide bonds. The Morgan fingerprint density at radius 1 is 1.39 bits per heavy atom. The molecule has 0 fully saturated rings. The number of ketones is 1. The third-order valence-corrected chi connectivity index (χ3v) is 4.95. The normalized spacial score (nSPS) is 10.7. The molecule has 0 saturated carbocycles. The van der Waals surface area contributed by atoms with Gasteiger partial charge in [-0.05, 0) is 13.8 Å². The fourth-order valence-electron chi connectivity index (χ4n) is 1.63. The van der Waals surface area contributed by atoms with E-state index in [2.05, 4.69) is 14.9 Å². The summed E-state index contributed by atoms with van der Waals surface area (Å²) in [6, 6.07) is 0. The highest BCUT2D eigenvalue weighted by molar-refractivity contribution is 7.17. The van der Waals surface area contributed by atoms with Crippen LogP contribution in [0.5, 0.6) is 0 Å². The molecule has 18 heavy (non-hydrogen) atoms. The highest BCUT2D eigenvalue weighted by atomic mass is 32.1. The molecule has 2 heterocycles. The van der Waals surface area contributed by atoms with Crippen LogP contribution in [0.4, 0.5) is 5.13 Å². The van der Waals surface area contributed by atoms with Gasteiger partial charge in [-0.3, -0.25) is 4.79 Å². The van der Waals surface area contributed by atoms with Gasteiger partial charge in [0.25, 0.3) is 0 Å². The molecule has 2 aromatic rings. The molecule has 0 bridgehead atoms. The van der Waals surface area contributed by atoms with Crippen LogP contribution in [-0.4, -0.2) is 22.8 Å². The number of rotatable bonds is 4. The lowest BCUT2D eigenvalue weighted by Gasteiger charge is -2.14. The molecule has 0 aromatic carbocycles. The third kappa shape index (κ3) is 2.59. The van der Waals surface area contributed by atoms with E-state index in [9.17, 15) is 4.79 Å². The number of thiazole rings is 2. The molecule has 0 aliphatic carbocycles. The Kier molecular flexibility index (Phi) is 3.77. The molecule has 0 unspecified atom stereocenters. The molecule has 4 nitrogen and oxygen atoms in total. The molecule has 0 aliphatic heterocycles. The van der Waals surface area contributed by atoms with Crippen LogP contribution in [0.15, 0.2) is 5.51 Å². The Morgan fingerprint density at radius 3 is 2.61 bits per heavy atom. The number of hydrogen-bond donors (Lipinski definition) is 0. The van der Waals surface area contributed by atoms with E-state index in [1.54, 1.807) is 18.3 Å². The van der Waals surface area contributed by atoms with E-state index in [0.29, 0.717) is 0 Å². The average molecular weight is 281 g/mol. The zero-order valence-corrected chi connectivity index (χ0v) is 12.5. The van der Waals surface area contributed by atoms with Crippen LogP contribution in [0.2, 0.25) is 0 Å². The summed E-state index contributed by atoms with van der Waals surface area (Å²) in [4.78, 5) is 24.1. The Balaban J connectivity index is 2.19. The Morgan fingerprint density at radius 2 is 2.11 bits per heavy atom. The van der Waals surface area contributed by atoms with Crippen molar-refractivity contribution in [2.24, 2.45) is 0 Å². The van der Waals surface area contributed by atoms with E-state index in [-0.39, 0.29) is 5.78 Å². The molecule has 0 aliphatic rings. The summed E-state index contributed by atoms with van der Waals surface area (Å²) < 4.78 is 0. The maximum absolute atomic E-state index is 11.4. The molecular formula is C12H15N3OS2. The van der Waals surface area contributed by atoms with Crippen LogP contribution < -0.4 is 4.90 Å². The Bertz CT molecular complexity index is 574. The molecular weight excluding hydrogens is 266 g/mol. The largest absolute Gasteiger partial charge is 0.346 e. The highest BCUT2D eigenvalue weighted by Crippen LogP contribution is 2.27. The van der Waals surface area contributed by atoms with Gasteiger partial charge in [0.15, 0.2) is 10.9 Å². The zero-order chi connectivity index (χ0) is 13.3. The van der Waals surface area contributed by atoms with Gasteiger partial charge in [-0.2, -0.15) is 0 Å². The minimum Gasteiger partial charge on any atom is -0.346 e. The molecule has 0 saturated heterocycles. The minimum absolute atomic E-state index is 0.0821. The van der Waals surface area contributed by atoms with Crippen molar-refractivity contribution in [3.8, 4) is 0 Å². The molecule has 96 valence electrons. The SMILES string of the molecule is CC(=O)c1sc(N(C)Cc2scnc2C)nc1C. The number of carbonyl (C=O) groups is 1. The number of Topliss-reactive ketones (excluding diaryl/α,β-unsaturated/α-hetero) is 1. The van der Waals surface area contributed by atoms with Crippen molar-refractivity contribution in [2.75, 3.05) is 11.9 Å². The Hall–Kier alpha value is -1.27. The van der Waals surface area contributed by atoms with E-state index < -0.39 is 0 Å². The average Bonchev–Trinajstić information content (AvgIpc) is 2.86. The number of aryl methyl sites for hydroxylation is 2.